The first-order chi connectivity index (χ1) is 11.6. The van der Waals surface area contributed by atoms with Crippen LogP contribution in [0.2, 0.25) is 0 Å². The summed E-state index contributed by atoms with van der Waals surface area (Å²) in [5.74, 6) is 0.250. The lowest BCUT2D eigenvalue weighted by Gasteiger charge is -2.40. The number of amides is 1. The minimum absolute atomic E-state index is 0.0583. The van der Waals surface area contributed by atoms with Gasteiger partial charge in [-0.3, -0.25) is 9.78 Å². The van der Waals surface area contributed by atoms with Gasteiger partial charge < -0.3 is 10.6 Å². The SMILES string of the molecule is Cc1cnc(C(=O)N2CCCC3(CCc4cnc(N)nc43)C2)cn1. The van der Waals surface area contributed by atoms with E-state index < -0.39 is 0 Å². The van der Waals surface area contributed by atoms with Crippen molar-refractivity contribution >= 4 is 11.9 Å². The van der Waals surface area contributed by atoms with Gasteiger partial charge in [0.05, 0.1) is 17.6 Å². The van der Waals surface area contributed by atoms with E-state index in [9.17, 15) is 4.79 Å². The van der Waals surface area contributed by atoms with Crippen molar-refractivity contribution in [1.29, 1.82) is 0 Å². The van der Waals surface area contributed by atoms with Gasteiger partial charge in [0.25, 0.3) is 5.91 Å². The Hall–Kier alpha value is -2.57. The summed E-state index contributed by atoms with van der Waals surface area (Å²) in [6.45, 7) is 3.26. The number of nitrogens with two attached hydrogens (primary N) is 1. The maximum Gasteiger partial charge on any atom is 0.274 e. The van der Waals surface area contributed by atoms with Crippen molar-refractivity contribution < 1.29 is 4.79 Å². The number of anilines is 1. The highest BCUT2D eigenvalue weighted by Crippen LogP contribution is 2.44. The molecular formula is C17H20N6O. The van der Waals surface area contributed by atoms with Crippen molar-refractivity contribution in [2.24, 2.45) is 0 Å². The second-order valence-corrected chi connectivity index (χ2v) is 6.76. The lowest BCUT2D eigenvalue weighted by molar-refractivity contribution is 0.0627. The molecule has 1 aliphatic heterocycles. The fraction of sp³-hybridized carbons (Fsp3) is 0.471. The molecule has 0 saturated carbocycles. The molecule has 2 N–H and O–H groups in total. The summed E-state index contributed by atoms with van der Waals surface area (Å²) < 4.78 is 0. The van der Waals surface area contributed by atoms with Gasteiger partial charge in [-0.25, -0.2) is 15.0 Å². The Morgan fingerprint density at radius 3 is 2.88 bits per heavy atom. The third kappa shape index (κ3) is 2.40. The molecule has 1 fully saturated rings. The average Bonchev–Trinajstić information content (AvgIpc) is 2.92. The van der Waals surface area contributed by atoms with Crippen molar-refractivity contribution in [2.75, 3.05) is 18.8 Å². The number of likely N-dealkylation sites (tertiary alicyclic amines) is 1. The van der Waals surface area contributed by atoms with Crippen molar-refractivity contribution in [3.8, 4) is 0 Å². The maximum atomic E-state index is 12.8. The maximum absolute atomic E-state index is 12.8. The number of aromatic nitrogens is 4. The predicted molar refractivity (Wildman–Crippen MR) is 88.3 cm³/mol. The van der Waals surface area contributed by atoms with E-state index in [1.165, 1.54) is 0 Å². The van der Waals surface area contributed by atoms with Gasteiger partial charge in [-0.05, 0) is 38.2 Å². The number of hydrogen-bond donors (Lipinski definition) is 1. The lowest BCUT2D eigenvalue weighted by atomic mass is 9.77. The second-order valence-electron chi connectivity index (χ2n) is 6.76. The topological polar surface area (TPSA) is 97.9 Å². The Morgan fingerprint density at radius 2 is 2.08 bits per heavy atom. The molecular weight excluding hydrogens is 304 g/mol. The van der Waals surface area contributed by atoms with Gasteiger partial charge in [0, 0.05) is 30.9 Å². The van der Waals surface area contributed by atoms with E-state index in [2.05, 4.69) is 19.9 Å². The number of rotatable bonds is 1. The quantitative estimate of drug-likeness (QED) is 0.848. The number of nitrogen functional groups attached to an aromatic ring is 1. The molecule has 24 heavy (non-hydrogen) atoms. The summed E-state index contributed by atoms with van der Waals surface area (Å²) in [4.78, 5) is 31.7. The Kier molecular flexibility index (Phi) is 3.44. The molecule has 2 aromatic rings. The van der Waals surface area contributed by atoms with Gasteiger partial charge in [0.1, 0.15) is 5.69 Å². The second kappa shape index (κ2) is 5.51. The fourth-order valence-electron chi connectivity index (χ4n) is 3.92. The molecule has 124 valence electrons. The van der Waals surface area contributed by atoms with Crippen LogP contribution in [0, 0.1) is 6.92 Å². The van der Waals surface area contributed by atoms with E-state index in [4.69, 9.17) is 5.73 Å². The largest absolute Gasteiger partial charge is 0.368 e. The van der Waals surface area contributed by atoms with Gasteiger partial charge >= 0.3 is 0 Å². The molecule has 1 unspecified atom stereocenters. The van der Waals surface area contributed by atoms with Gasteiger partial charge in [0.15, 0.2) is 0 Å². The van der Waals surface area contributed by atoms with Crippen molar-refractivity contribution in [2.45, 2.75) is 38.0 Å². The monoisotopic (exact) mass is 324 g/mol. The number of carbonyl (C=O) groups excluding carboxylic acids is 1. The van der Waals surface area contributed by atoms with Crippen LogP contribution in [0.5, 0.6) is 0 Å². The van der Waals surface area contributed by atoms with Crippen LogP contribution in [-0.2, 0) is 11.8 Å². The van der Waals surface area contributed by atoms with Crippen LogP contribution in [-0.4, -0.2) is 43.8 Å². The Morgan fingerprint density at radius 1 is 1.21 bits per heavy atom. The molecule has 0 bridgehead atoms. The van der Waals surface area contributed by atoms with Gasteiger partial charge in [0.2, 0.25) is 5.95 Å². The van der Waals surface area contributed by atoms with E-state index in [0.717, 1.165) is 49.2 Å². The summed E-state index contributed by atoms with van der Waals surface area (Å²) in [5.41, 5.74) is 9.10. The van der Waals surface area contributed by atoms with Crippen LogP contribution in [0.25, 0.3) is 0 Å². The zero-order valence-electron chi connectivity index (χ0n) is 13.7. The van der Waals surface area contributed by atoms with Crippen LogP contribution >= 0.6 is 0 Å². The highest BCUT2D eigenvalue weighted by molar-refractivity contribution is 5.92. The summed E-state index contributed by atoms with van der Waals surface area (Å²) in [6.07, 6.45) is 8.94. The highest BCUT2D eigenvalue weighted by atomic mass is 16.2. The molecule has 1 atom stereocenters. The Labute approximate surface area is 140 Å². The zero-order chi connectivity index (χ0) is 16.7. The van der Waals surface area contributed by atoms with Crippen LogP contribution in [0.15, 0.2) is 18.6 Å². The molecule has 0 aromatic carbocycles. The van der Waals surface area contributed by atoms with Crippen LogP contribution in [0.4, 0.5) is 5.95 Å². The molecule has 0 radical (unpaired) electrons. The lowest BCUT2D eigenvalue weighted by Crippen LogP contribution is -2.48. The molecule has 4 rings (SSSR count). The van der Waals surface area contributed by atoms with E-state index in [1.807, 2.05) is 18.0 Å². The Bertz CT molecular complexity index is 786. The third-order valence-electron chi connectivity index (χ3n) is 5.12. The van der Waals surface area contributed by atoms with Gasteiger partial charge in [-0.2, -0.15) is 0 Å². The Balaban J connectivity index is 1.62. The minimum Gasteiger partial charge on any atom is -0.368 e. The van der Waals surface area contributed by atoms with Gasteiger partial charge in [-0.1, -0.05) is 0 Å². The number of piperidine rings is 1. The molecule has 3 heterocycles. The normalized spacial score (nSPS) is 22.6. The van der Waals surface area contributed by atoms with Crippen molar-refractivity contribution in [3.05, 3.63) is 41.2 Å². The summed E-state index contributed by atoms with van der Waals surface area (Å²) >= 11 is 0. The summed E-state index contributed by atoms with van der Waals surface area (Å²) in [7, 11) is 0. The number of nitrogens with zero attached hydrogens (tertiary/aromatic N) is 5. The summed E-state index contributed by atoms with van der Waals surface area (Å²) in [5, 5.41) is 0. The fourth-order valence-corrected chi connectivity index (χ4v) is 3.92. The van der Waals surface area contributed by atoms with Crippen molar-refractivity contribution in [3.63, 3.8) is 0 Å². The molecule has 1 spiro atoms. The molecule has 2 aromatic heterocycles. The minimum atomic E-state index is -0.0988. The first-order valence-electron chi connectivity index (χ1n) is 8.27. The highest BCUT2D eigenvalue weighted by Gasteiger charge is 2.44. The van der Waals surface area contributed by atoms with Crippen LogP contribution in [0.1, 0.15) is 46.7 Å². The number of hydrogen-bond acceptors (Lipinski definition) is 6. The van der Waals surface area contributed by atoms with E-state index >= 15 is 0 Å². The molecule has 1 amide bonds. The number of fused-ring (bicyclic) bond motifs is 2. The van der Waals surface area contributed by atoms with Gasteiger partial charge in [-0.15, -0.1) is 0 Å². The first kappa shape index (κ1) is 15.0. The standard InChI is InChI=1S/C17H20N6O/c1-11-7-20-13(9-19-11)15(24)23-6-2-4-17(10-23)5-3-12-8-21-16(18)22-14(12)17/h7-9H,2-6,10H2,1H3,(H2,18,21,22). The van der Waals surface area contributed by atoms with E-state index in [1.54, 1.807) is 12.4 Å². The molecule has 2 aliphatic rings. The van der Waals surface area contributed by atoms with E-state index in [0.29, 0.717) is 18.2 Å². The number of aryl methyl sites for hydroxylation is 2. The molecule has 1 aliphatic carbocycles. The average molecular weight is 324 g/mol. The molecule has 7 nitrogen and oxygen atoms in total. The number of carbonyl (C=O) groups is 1. The zero-order valence-corrected chi connectivity index (χ0v) is 13.7. The summed E-state index contributed by atoms with van der Waals surface area (Å²) in [6, 6.07) is 0. The molecule has 7 heteroatoms. The van der Waals surface area contributed by atoms with Crippen LogP contribution < -0.4 is 5.73 Å². The smallest absolute Gasteiger partial charge is 0.274 e. The van der Waals surface area contributed by atoms with Crippen molar-refractivity contribution in [1.82, 2.24) is 24.8 Å². The van der Waals surface area contributed by atoms with Crippen LogP contribution in [0.3, 0.4) is 0 Å². The molecule has 1 saturated heterocycles. The first-order valence-corrected chi connectivity index (χ1v) is 8.27. The third-order valence-corrected chi connectivity index (χ3v) is 5.12. The predicted octanol–water partition coefficient (Wildman–Crippen LogP) is 1.28. The van der Waals surface area contributed by atoms with E-state index in [-0.39, 0.29) is 11.3 Å².